The van der Waals surface area contributed by atoms with E-state index in [1.54, 1.807) is 7.11 Å². The lowest BCUT2D eigenvalue weighted by atomic mass is 10.2. The first-order chi connectivity index (χ1) is 13.2. The largest absolute Gasteiger partial charge is 0.493 e. The molecule has 7 heteroatoms. The molecule has 0 atom stereocenters. The Hall–Kier alpha value is -2.44. The molecule has 1 aromatic rings. The van der Waals surface area contributed by atoms with Crippen molar-refractivity contribution in [2.24, 2.45) is 4.99 Å². The molecular formula is C20H32N4O3. The predicted molar refractivity (Wildman–Crippen MR) is 107 cm³/mol. The minimum absolute atomic E-state index is 0.122. The summed E-state index contributed by atoms with van der Waals surface area (Å²) < 4.78 is 11.1. The van der Waals surface area contributed by atoms with Crippen LogP contribution in [0.3, 0.4) is 0 Å². The molecule has 0 spiro atoms. The van der Waals surface area contributed by atoms with Crippen LogP contribution in [-0.4, -0.2) is 56.7 Å². The van der Waals surface area contributed by atoms with Crippen LogP contribution in [0, 0.1) is 0 Å². The maximum Gasteiger partial charge on any atom is 0.241 e. The van der Waals surface area contributed by atoms with Gasteiger partial charge < -0.3 is 25.0 Å². The van der Waals surface area contributed by atoms with Gasteiger partial charge in [0.1, 0.15) is 0 Å². The number of aliphatic imine (C=N–C) groups is 1. The third-order valence-corrected chi connectivity index (χ3v) is 4.32. The molecule has 1 aliphatic heterocycles. The van der Waals surface area contributed by atoms with E-state index in [2.05, 4.69) is 22.5 Å². The van der Waals surface area contributed by atoms with Crippen molar-refractivity contribution in [3.63, 3.8) is 0 Å². The van der Waals surface area contributed by atoms with E-state index in [9.17, 15) is 4.79 Å². The van der Waals surface area contributed by atoms with E-state index in [0.29, 0.717) is 24.9 Å². The number of hydrogen-bond donors (Lipinski definition) is 2. The van der Waals surface area contributed by atoms with E-state index in [1.807, 2.05) is 30.0 Å². The van der Waals surface area contributed by atoms with Crippen molar-refractivity contribution in [3.8, 4) is 11.5 Å². The Kier molecular flexibility index (Phi) is 8.74. The molecule has 1 amide bonds. The fourth-order valence-electron chi connectivity index (χ4n) is 2.89. The Morgan fingerprint density at radius 3 is 2.63 bits per heavy atom. The highest BCUT2D eigenvalue weighted by atomic mass is 16.5. The first kappa shape index (κ1) is 20.9. The summed E-state index contributed by atoms with van der Waals surface area (Å²) in [6, 6.07) is 5.83. The molecular weight excluding hydrogens is 344 g/mol. The molecule has 1 heterocycles. The van der Waals surface area contributed by atoms with Gasteiger partial charge in [-0.2, -0.15) is 0 Å². The molecule has 7 nitrogen and oxygen atoms in total. The Balaban J connectivity index is 1.95. The summed E-state index contributed by atoms with van der Waals surface area (Å²) in [6.07, 6.45) is 3.14. The Labute approximate surface area is 162 Å². The average Bonchev–Trinajstić information content (AvgIpc) is 3.23. The van der Waals surface area contributed by atoms with Gasteiger partial charge in [0.25, 0.3) is 0 Å². The minimum atomic E-state index is 0.122. The fraction of sp³-hybridized carbons (Fsp3) is 0.600. The normalized spacial score (nSPS) is 14.2. The zero-order valence-electron chi connectivity index (χ0n) is 16.7. The number of hydrogen-bond acceptors (Lipinski definition) is 4. The molecule has 27 heavy (non-hydrogen) atoms. The molecule has 0 saturated carbocycles. The van der Waals surface area contributed by atoms with Crippen molar-refractivity contribution < 1.29 is 14.3 Å². The number of carbonyl (C=O) groups excluding carboxylic acids is 1. The monoisotopic (exact) mass is 376 g/mol. The number of methoxy groups -OCH3 is 1. The van der Waals surface area contributed by atoms with Gasteiger partial charge in [-0.1, -0.05) is 13.0 Å². The number of nitrogens with zero attached hydrogens (tertiary/aromatic N) is 2. The van der Waals surface area contributed by atoms with Crippen LogP contribution in [0.5, 0.6) is 11.5 Å². The van der Waals surface area contributed by atoms with E-state index < -0.39 is 0 Å². The Morgan fingerprint density at radius 1 is 1.19 bits per heavy atom. The standard InChI is InChI=1S/C20H32N4O3/c1-4-12-27-17-9-8-16(13-18(17)26-3)14-22-20(21-5-2)23-15-19(25)24-10-6-7-11-24/h8-9,13H,4-7,10-12,14-15H2,1-3H3,(H2,21,22,23). The lowest BCUT2D eigenvalue weighted by Crippen LogP contribution is -2.44. The molecule has 1 saturated heterocycles. The first-order valence-corrected chi connectivity index (χ1v) is 9.77. The first-order valence-electron chi connectivity index (χ1n) is 9.77. The van der Waals surface area contributed by atoms with Crippen molar-refractivity contribution in [3.05, 3.63) is 23.8 Å². The Bertz CT molecular complexity index is 628. The molecule has 2 N–H and O–H groups in total. The molecule has 1 fully saturated rings. The summed E-state index contributed by atoms with van der Waals surface area (Å²) in [4.78, 5) is 18.7. The zero-order chi connectivity index (χ0) is 19.5. The molecule has 0 bridgehead atoms. The molecule has 1 aliphatic rings. The molecule has 0 radical (unpaired) electrons. The third-order valence-electron chi connectivity index (χ3n) is 4.32. The second-order valence-electron chi connectivity index (χ2n) is 6.47. The number of amides is 1. The lowest BCUT2D eigenvalue weighted by Gasteiger charge is -2.17. The molecule has 1 aromatic carbocycles. The van der Waals surface area contributed by atoms with Gasteiger partial charge >= 0.3 is 0 Å². The summed E-state index contributed by atoms with van der Waals surface area (Å²) >= 11 is 0. The topological polar surface area (TPSA) is 75.2 Å². The summed E-state index contributed by atoms with van der Waals surface area (Å²) in [5, 5.41) is 6.31. The summed E-state index contributed by atoms with van der Waals surface area (Å²) in [5.41, 5.74) is 1.01. The van der Waals surface area contributed by atoms with E-state index in [-0.39, 0.29) is 12.5 Å². The number of ether oxygens (including phenoxy) is 2. The molecule has 0 aliphatic carbocycles. The average molecular weight is 377 g/mol. The highest BCUT2D eigenvalue weighted by molar-refractivity contribution is 5.86. The highest BCUT2D eigenvalue weighted by Crippen LogP contribution is 2.28. The molecule has 150 valence electrons. The SMILES string of the molecule is CCCOc1ccc(CN=C(NCC)NCC(=O)N2CCCC2)cc1OC. The van der Waals surface area contributed by atoms with Gasteiger partial charge in [-0.3, -0.25) is 4.79 Å². The number of benzene rings is 1. The van der Waals surface area contributed by atoms with Gasteiger partial charge in [-0.25, -0.2) is 4.99 Å². The fourth-order valence-corrected chi connectivity index (χ4v) is 2.89. The predicted octanol–water partition coefficient (Wildman–Crippen LogP) is 2.16. The molecule has 0 unspecified atom stereocenters. The summed E-state index contributed by atoms with van der Waals surface area (Å²) in [6.45, 7) is 7.93. The van der Waals surface area contributed by atoms with E-state index in [4.69, 9.17) is 9.47 Å². The van der Waals surface area contributed by atoms with Crippen LogP contribution in [-0.2, 0) is 11.3 Å². The number of carbonyl (C=O) groups is 1. The second kappa shape index (κ2) is 11.3. The van der Waals surface area contributed by atoms with Crippen molar-refractivity contribution in [1.82, 2.24) is 15.5 Å². The minimum Gasteiger partial charge on any atom is -0.493 e. The van der Waals surface area contributed by atoms with Gasteiger partial charge in [-0.05, 0) is 43.9 Å². The van der Waals surface area contributed by atoms with Crippen LogP contribution in [0.1, 0.15) is 38.7 Å². The third kappa shape index (κ3) is 6.66. The van der Waals surface area contributed by atoms with Crippen LogP contribution in [0.4, 0.5) is 0 Å². The zero-order valence-corrected chi connectivity index (χ0v) is 16.7. The quantitative estimate of drug-likeness (QED) is 0.510. The summed E-state index contributed by atoms with van der Waals surface area (Å²) in [7, 11) is 1.64. The number of guanidine groups is 1. The second-order valence-corrected chi connectivity index (χ2v) is 6.47. The van der Waals surface area contributed by atoms with Crippen LogP contribution in [0.15, 0.2) is 23.2 Å². The van der Waals surface area contributed by atoms with Crippen LogP contribution in [0.25, 0.3) is 0 Å². The van der Waals surface area contributed by atoms with Crippen LogP contribution in [0.2, 0.25) is 0 Å². The van der Waals surface area contributed by atoms with Gasteiger partial charge in [0.2, 0.25) is 5.91 Å². The van der Waals surface area contributed by atoms with E-state index >= 15 is 0 Å². The molecule has 0 aromatic heterocycles. The van der Waals surface area contributed by atoms with Crippen molar-refractivity contribution in [1.29, 1.82) is 0 Å². The van der Waals surface area contributed by atoms with Crippen molar-refractivity contribution in [2.75, 3.05) is 39.9 Å². The Morgan fingerprint density at radius 2 is 1.96 bits per heavy atom. The smallest absolute Gasteiger partial charge is 0.241 e. The number of rotatable bonds is 9. The maximum absolute atomic E-state index is 12.2. The van der Waals surface area contributed by atoms with Gasteiger partial charge in [0.15, 0.2) is 17.5 Å². The van der Waals surface area contributed by atoms with E-state index in [1.165, 1.54) is 0 Å². The number of likely N-dealkylation sites (tertiary alicyclic amines) is 1. The van der Waals surface area contributed by atoms with Crippen molar-refractivity contribution >= 4 is 11.9 Å². The van der Waals surface area contributed by atoms with Gasteiger partial charge in [0, 0.05) is 19.6 Å². The summed E-state index contributed by atoms with van der Waals surface area (Å²) in [5.74, 6) is 2.21. The maximum atomic E-state index is 12.2. The van der Waals surface area contributed by atoms with Crippen LogP contribution >= 0.6 is 0 Å². The van der Waals surface area contributed by atoms with Gasteiger partial charge in [-0.15, -0.1) is 0 Å². The van der Waals surface area contributed by atoms with Gasteiger partial charge in [0.05, 0.1) is 26.8 Å². The highest BCUT2D eigenvalue weighted by Gasteiger charge is 2.17. The number of nitrogens with one attached hydrogen (secondary N) is 2. The van der Waals surface area contributed by atoms with Crippen LogP contribution < -0.4 is 20.1 Å². The lowest BCUT2D eigenvalue weighted by molar-refractivity contribution is -0.128. The van der Waals surface area contributed by atoms with E-state index in [0.717, 1.165) is 50.2 Å². The molecule has 2 rings (SSSR count). The van der Waals surface area contributed by atoms with Crippen molar-refractivity contribution in [2.45, 2.75) is 39.7 Å².